The van der Waals surface area contributed by atoms with Crippen molar-refractivity contribution in [3.63, 3.8) is 0 Å². The summed E-state index contributed by atoms with van der Waals surface area (Å²) in [6.07, 6.45) is 11.0. The van der Waals surface area contributed by atoms with Crippen molar-refractivity contribution in [1.29, 1.82) is 0 Å². The number of hydrogen-bond donors (Lipinski definition) is 2. The van der Waals surface area contributed by atoms with E-state index >= 15 is 0 Å². The molecule has 1 atom stereocenters. The minimum Gasteiger partial charge on any atom is -0.358 e. The summed E-state index contributed by atoms with van der Waals surface area (Å²) >= 11 is 0. The first kappa shape index (κ1) is 13.9. The molecule has 1 aromatic rings. The molecular formula is C14H22N4O. The van der Waals surface area contributed by atoms with E-state index in [4.69, 9.17) is 0 Å². The molecule has 0 aliphatic carbocycles. The zero-order valence-corrected chi connectivity index (χ0v) is 11.5. The Morgan fingerprint density at radius 1 is 1.47 bits per heavy atom. The third-order valence-electron chi connectivity index (χ3n) is 3.81. The van der Waals surface area contributed by atoms with Crippen LogP contribution < -0.4 is 10.6 Å². The Bertz CT molecular complexity index is 401. The third kappa shape index (κ3) is 3.50. The van der Waals surface area contributed by atoms with Gasteiger partial charge >= 0.3 is 0 Å². The lowest BCUT2D eigenvalue weighted by atomic mass is 9.83. The van der Waals surface area contributed by atoms with Crippen LogP contribution in [0.3, 0.4) is 0 Å². The summed E-state index contributed by atoms with van der Waals surface area (Å²) < 4.78 is 0. The average molecular weight is 262 g/mol. The molecular weight excluding hydrogens is 240 g/mol. The Labute approximate surface area is 114 Å². The first-order chi connectivity index (χ1) is 9.27. The molecule has 5 nitrogen and oxygen atoms in total. The number of carbonyl (C=O) groups excluding carboxylic acids is 1. The monoisotopic (exact) mass is 262 g/mol. The third-order valence-corrected chi connectivity index (χ3v) is 3.81. The second-order valence-electron chi connectivity index (χ2n) is 5.10. The molecule has 0 bridgehead atoms. The molecule has 1 aliphatic heterocycles. The number of piperidine rings is 1. The Balaban J connectivity index is 1.91. The number of hydrogen-bond acceptors (Lipinski definition) is 4. The van der Waals surface area contributed by atoms with Crippen molar-refractivity contribution in [2.45, 2.75) is 44.1 Å². The van der Waals surface area contributed by atoms with Crippen LogP contribution in [-0.2, 0) is 11.2 Å². The van der Waals surface area contributed by atoms with Crippen molar-refractivity contribution < 1.29 is 4.79 Å². The highest BCUT2D eigenvalue weighted by Crippen LogP contribution is 2.25. The number of aryl methyl sites for hydroxylation is 1. The van der Waals surface area contributed by atoms with Gasteiger partial charge in [-0.3, -0.25) is 14.8 Å². The number of rotatable bonds is 5. The Kier molecular flexibility index (Phi) is 4.85. The van der Waals surface area contributed by atoms with Crippen LogP contribution in [0.2, 0.25) is 0 Å². The van der Waals surface area contributed by atoms with Crippen molar-refractivity contribution >= 4 is 5.91 Å². The molecule has 1 aromatic heterocycles. The number of nitrogens with one attached hydrogen (secondary N) is 2. The predicted molar refractivity (Wildman–Crippen MR) is 73.6 cm³/mol. The van der Waals surface area contributed by atoms with Crippen LogP contribution in [0.4, 0.5) is 0 Å². The van der Waals surface area contributed by atoms with E-state index in [1.54, 1.807) is 25.6 Å². The van der Waals surface area contributed by atoms with Gasteiger partial charge in [0.2, 0.25) is 5.91 Å². The predicted octanol–water partition coefficient (Wildman–Crippen LogP) is 1.06. The summed E-state index contributed by atoms with van der Waals surface area (Å²) in [6.45, 7) is 0.929. The second-order valence-corrected chi connectivity index (χ2v) is 5.10. The van der Waals surface area contributed by atoms with Crippen molar-refractivity contribution in [3.05, 3.63) is 24.3 Å². The molecule has 5 heteroatoms. The molecule has 1 aliphatic rings. The van der Waals surface area contributed by atoms with Gasteiger partial charge in [-0.25, -0.2) is 0 Å². The highest BCUT2D eigenvalue weighted by molar-refractivity contribution is 5.86. The van der Waals surface area contributed by atoms with Gasteiger partial charge in [0.05, 0.1) is 11.2 Å². The number of nitrogens with zero attached hydrogens (tertiary/aromatic N) is 2. The molecule has 104 valence electrons. The Hall–Kier alpha value is -1.49. The molecule has 1 fully saturated rings. The average Bonchev–Trinajstić information content (AvgIpc) is 2.48. The fraction of sp³-hybridized carbons (Fsp3) is 0.643. The Morgan fingerprint density at radius 3 is 3.00 bits per heavy atom. The second kappa shape index (κ2) is 6.61. The van der Waals surface area contributed by atoms with Crippen LogP contribution >= 0.6 is 0 Å². The molecule has 0 aromatic carbocycles. The van der Waals surface area contributed by atoms with Crippen molar-refractivity contribution in [2.75, 3.05) is 13.6 Å². The summed E-state index contributed by atoms with van der Waals surface area (Å²) in [5.74, 6) is 0.117. The minimum atomic E-state index is -0.380. The van der Waals surface area contributed by atoms with E-state index in [-0.39, 0.29) is 11.4 Å². The van der Waals surface area contributed by atoms with Gasteiger partial charge in [0.1, 0.15) is 0 Å². The fourth-order valence-corrected chi connectivity index (χ4v) is 2.76. The maximum atomic E-state index is 12.1. The van der Waals surface area contributed by atoms with E-state index in [0.29, 0.717) is 0 Å². The molecule has 2 N–H and O–H groups in total. The molecule has 0 unspecified atom stereocenters. The van der Waals surface area contributed by atoms with Gasteiger partial charge in [-0.2, -0.15) is 0 Å². The largest absolute Gasteiger partial charge is 0.358 e. The molecule has 0 spiro atoms. The number of amides is 1. The van der Waals surface area contributed by atoms with Crippen molar-refractivity contribution in [2.24, 2.45) is 0 Å². The van der Waals surface area contributed by atoms with E-state index in [9.17, 15) is 4.79 Å². The molecule has 0 radical (unpaired) electrons. The summed E-state index contributed by atoms with van der Waals surface area (Å²) in [6, 6.07) is 0. The van der Waals surface area contributed by atoms with Crippen LogP contribution in [0.5, 0.6) is 0 Å². The van der Waals surface area contributed by atoms with Gasteiger partial charge < -0.3 is 10.6 Å². The SMILES string of the molecule is CNC(=O)[C@]1(CCCc2cnccn2)CCCCN1. The van der Waals surface area contributed by atoms with Crippen LogP contribution in [0.15, 0.2) is 18.6 Å². The molecule has 0 saturated carbocycles. The molecule has 1 amide bonds. The summed E-state index contributed by atoms with van der Waals surface area (Å²) in [7, 11) is 1.71. The van der Waals surface area contributed by atoms with Gasteiger partial charge in [0.15, 0.2) is 0 Å². The summed E-state index contributed by atoms with van der Waals surface area (Å²) in [4.78, 5) is 20.5. The zero-order chi connectivity index (χ0) is 13.6. The zero-order valence-electron chi connectivity index (χ0n) is 11.5. The summed E-state index contributed by atoms with van der Waals surface area (Å²) in [5.41, 5.74) is 0.611. The topological polar surface area (TPSA) is 66.9 Å². The van der Waals surface area contributed by atoms with Gasteiger partial charge in [0.25, 0.3) is 0 Å². The van der Waals surface area contributed by atoms with Gasteiger partial charge in [-0.05, 0) is 45.1 Å². The molecule has 2 rings (SSSR count). The van der Waals surface area contributed by atoms with Gasteiger partial charge in [-0.15, -0.1) is 0 Å². The van der Waals surface area contributed by atoms with E-state index in [2.05, 4.69) is 20.6 Å². The van der Waals surface area contributed by atoms with Gasteiger partial charge in [-0.1, -0.05) is 0 Å². The van der Waals surface area contributed by atoms with Gasteiger partial charge in [0, 0.05) is 25.6 Å². The van der Waals surface area contributed by atoms with E-state index in [0.717, 1.165) is 50.8 Å². The van der Waals surface area contributed by atoms with Crippen LogP contribution in [0.1, 0.15) is 37.8 Å². The van der Waals surface area contributed by atoms with E-state index in [1.807, 2.05) is 0 Å². The first-order valence-corrected chi connectivity index (χ1v) is 6.99. The minimum absolute atomic E-state index is 0.117. The van der Waals surface area contributed by atoms with Crippen LogP contribution in [-0.4, -0.2) is 35.0 Å². The highest BCUT2D eigenvalue weighted by atomic mass is 16.2. The van der Waals surface area contributed by atoms with Crippen LogP contribution in [0.25, 0.3) is 0 Å². The van der Waals surface area contributed by atoms with Crippen LogP contribution in [0, 0.1) is 0 Å². The maximum Gasteiger partial charge on any atom is 0.240 e. The molecule has 2 heterocycles. The normalized spacial score (nSPS) is 23.0. The number of aromatic nitrogens is 2. The van der Waals surface area contributed by atoms with Crippen molar-refractivity contribution in [1.82, 2.24) is 20.6 Å². The van der Waals surface area contributed by atoms with E-state index < -0.39 is 0 Å². The molecule has 19 heavy (non-hydrogen) atoms. The smallest absolute Gasteiger partial charge is 0.240 e. The maximum absolute atomic E-state index is 12.1. The van der Waals surface area contributed by atoms with Crippen molar-refractivity contribution in [3.8, 4) is 0 Å². The lowest BCUT2D eigenvalue weighted by Gasteiger charge is -2.36. The Morgan fingerprint density at radius 2 is 2.37 bits per heavy atom. The lowest BCUT2D eigenvalue weighted by molar-refractivity contribution is -0.128. The summed E-state index contributed by atoms with van der Waals surface area (Å²) in [5, 5.41) is 6.22. The highest BCUT2D eigenvalue weighted by Gasteiger charge is 2.37. The first-order valence-electron chi connectivity index (χ1n) is 6.99. The standard InChI is InChI=1S/C14H22N4O/c1-15-13(19)14(6-2-3-8-18-14)7-4-5-12-11-16-9-10-17-12/h9-11,18H,2-8H2,1H3,(H,15,19)/t14-/m1/s1. The molecule has 1 saturated heterocycles. The van der Waals surface area contributed by atoms with E-state index in [1.165, 1.54) is 0 Å². The number of likely N-dealkylation sites (N-methyl/N-ethyl adjacent to an activating group) is 1. The lowest BCUT2D eigenvalue weighted by Crippen LogP contribution is -2.58. The quantitative estimate of drug-likeness (QED) is 0.832. The number of carbonyl (C=O) groups is 1. The fourth-order valence-electron chi connectivity index (χ4n) is 2.76.